The van der Waals surface area contributed by atoms with E-state index in [1.807, 2.05) is 6.92 Å². The first-order valence-electron chi connectivity index (χ1n) is 5.66. The molecule has 0 atom stereocenters. The van der Waals surface area contributed by atoms with Crippen molar-refractivity contribution in [1.29, 1.82) is 0 Å². The standard InChI is InChI=1S/C10H16N4O3/c1-2-16-9-12-8(11)13-10(14-9)17-7-3-5-15-6-4-7/h7H,2-6H2,1H3,(H2,11,12,13,14). The van der Waals surface area contributed by atoms with Crippen molar-refractivity contribution < 1.29 is 14.2 Å². The van der Waals surface area contributed by atoms with E-state index in [4.69, 9.17) is 19.9 Å². The van der Waals surface area contributed by atoms with Gasteiger partial charge in [-0.1, -0.05) is 0 Å². The number of anilines is 1. The molecule has 1 saturated heterocycles. The molecule has 1 aliphatic rings. The van der Waals surface area contributed by atoms with Crippen LogP contribution < -0.4 is 15.2 Å². The van der Waals surface area contributed by atoms with Gasteiger partial charge in [-0.2, -0.15) is 9.97 Å². The topological polar surface area (TPSA) is 92.4 Å². The summed E-state index contributed by atoms with van der Waals surface area (Å²) in [6.45, 7) is 3.71. The van der Waals surface area contributed by atoms with Crippen LogP contribution in [0.3, 0.4) is 0 Å². The summed E-state index contributed by atoms with van der Waals surface area (Å²) in [7, 11) is 0. The lowest BCUT2D eigenvalue weighted by Gasteiger charge is -2.22. The first-order valence-corrected chi connectivity index (χ1v) is 5.66. The van der Waals surface area contributed by atoms with Crippen LogP contribution >= 0.6 is 0 Å². The Morgan fingerprint density at radius 2 is 1.94 bits per heavy atom. The minimum Gasteiger partial charge on any atom is -0.464 e. The predicted molar refractivity (Wildman–Crippen MR) is 59.9 cm³/mol. The van der Waals surface area contributed by atoms with E-state index in [0.717, 1.165) is 12.8 Å². The third kappa shape index (κ3) is 3.42. The molecule has 2 heterocycles. The van der Waals surface area contributed by atoms with Crippen LogP contribution in [-0.4, -0.2) is 40.9 Å². The summed E-state index contributed by atoms with van der Waals surface area (Å²) in [5.74, 6) is 0.102. The molecule has 0 saturated carbocycles. The summed E-state index contributed by atoms with van der Waals surface area (Å²) >= 11 is 0. The Bertz CT molecular complexity index is 369. The van der Waals surface area contributed by atoms with Crippen molar-refractivity contribution in [1.82, 2.24) is 15.0 Å². The average Bonchev–Trinajstić information content (AvgIpc) is 2.30. The molecular weight excluding hydrogens is 224 g/mol. The molecule has 0 bridgehead atoms. The Morgan fingerprint density at radius 1 is 1.24 bits per heavy atom. The van der Waals surface area contributed by atoms with Crippen LogP contribution in [0.5, 0.6) is 12.0 Å². The molecule has 0 radical (unpaired) electrons. The summed E-state index contributed by atoms with van der Waals surface area (Å²) in [6, 6.07) is 0.412. The fraction of sp³-hybridized carbons (Fsp3) is 0.700. The lowest BCUT2D eigenvalue weighted by atomic mass is 10.2. The zero-order valence-electron chi connectivity index (χ0n) is 9.76. The third-order valence-electron chi connectivity index (χ3n) is 2.33. The van der Waals surface area contributed by atoms with Gasteiger partial charge in [0.25, 0.3) is 0 Å². The second-order valence-corrected chi connectivity index (χ2v) is 3.62. The Balaban J connectivity index is 2.03. The maximum Gasteiger partial charge on any atom is 0.324 e. The van der Waals surface area contributed by atoms with Crippen molar-refractivity contribution in [3.05, 3.63) is 0 Å². The molecule has 7 nitrogen and oxygen atoms in total. The highest BCUT2D eigenvalue weighted by Gasteiger charge is 2.17. The zero-order valence-corrected chi connectivity index (χ0v) is 9.76. The highest BCUT2D eigenvalue weighted by atomic mass is 16.5. The van der Waals surface area contributed by atoms with Crippen molar-refractivity contribution in [3.8, 4) is 12.0 Å². The van der Waals surface area contributed by atoms with E-state index < -0.39 is 0 Å². The Kier molecular flexibility index (Phi) is 3.92. The van der Waals surface area contributed by atoms with Gasteiger partial charge in [0, 0.05) is 12.8 Å². The first kappa shape index (κ1) is 11.8. The molecule has 0 amide bonds. The fourth-order valence-electron chi connectivity index (χ4n) is 1.54. The summed E-state index contributed by atoms with van der Waals surface area (Å²) < 4.78 is 16.0. The van der Waals surface area contributed by atoms with Crippen LogP contribution in [-0.2, 0) is 4.74 Å². The highest BCUT2D eigenvalue weighted by Crippen LogP contribution is 2.16. The molecule has 0 unspecified atom stereocenters. The average molecular weight is 240 g/mol. The Morgan fingerprint density at radius 3 is 2.65 bits per heavy atom. The Labute approximate surface area is 99.3 Å². The van der Waals surface area contributed by atoms with Crippen molar-refractivity contribution in [2.45, 2.75) is 25.9 Å². The van der Waals surface area contributed by atoms with Gasteiger partial charge in [-0.15, -0.1) is 4.98 Å². The number of ether oxygens (including phenoxy) is 3. The van der Waals surface area contributed by atoms with E-state index in [1.54, 1.807) is 0 Å². The fourth-order valence-corrected chi connectivity index (χ4v) is 1.54. The number of nitrogens with zero attached hydrogens (tertiary/aromatic N) is 3. The molecule has 2 N–H and O–H groups in total. The molecule has 1 aliphatic heterocycles. The van der Waals surface area contributed by atoms with Crippen LogP contribution in [0, 0.1) is 0 Å². The van der Waals surface area contributed by atoms with Crippen molar-refractivity contribution >= 4 is 5.95 Å². The summed E-state index contributed by atoms with van der Waals surface area (Å²) in [6.07, 6.45) is 1.73. The number of rotatable bonds is 4. The smallest absolute Gasteiger partial charge is 0.324 e. The number of hydrogen-bond donors (Lipinski definition) is 1. The van der Waals surface area contributed by atoms with E-state index in [9.17, 15) is 0 Å². The quantitative estimate of drug-likeness (QED) is 0.814. The van der Waals surface area contributed by atoms with Gasteiger partial charge in [0.15, 0.2) is 0 Å². The van der Waals surface area contributed by atoms with Crippen LogP contribution in [0.1, 0.15) is 19.8 Å². The zero-order chi connectivity index (χ0) is 12.1. The molecule has 0 spiro atoms. The van der Waals surface area contributed by atoms with Gasteiger partial charge in [0.05, 0.1) is 19.8 Å². The molecule has 0 aliphatic carbocycles. The van der Waals surface area contributed by atoms with Crippen LogP contribution in [0.25, 0.3) is 0 Å². The normalized spacial score (nSPS) is 16.8. The van der Waals surface area contributed by atoms with Gasteiger partial charge >= 0.3 is 12.0 Å². The summed E-state index contributed by atoms with van der Waals surface area (Å²) in [5.41, 5.74) is 5.55. The van der Waals surface area contributed by atoms with Crippen molar-refractivity contribution in [2.24, 2.45) is 0 Å². The minimum absolute atomic E-state index is 0.0695. The molecule has 17 heavy (non-hydrogen) atoms. The Hall–Kier alpha value is -1.63. The van der Waals surface area contributed by atoms with Crippen LogP contribution in [0.15, 0.2) is 0 Å². The van der Waals surface area contributed by atoms with Gasteiger partial charge in [0.1, 0.15) is 6.10 Å². The molecule has 7 heteroatoms. The monoisotopic (exact) mass is 240 g/mol. The number of nitrogen functional groups attached to an aromatic ring is 1. The maximum absolute atomic E-state index is 5.62. The summed E-state index contributed by atoms with van der Waals surface area (Å²) in [4.78, 5) is 11.8. The minimum atomic E-state index is 0.0695. The van der Waals surface area contributed by atoms with Gasteiger partial charge in [0.2, 0.25) is 5.95 Å². The second kappa shape index (κ2) is 5.62. The van der Waals surface area contributed by atoms with E-state index >= 15 is 0 Å². The van der Waals surface area contributed by atoms with E-state index in [0.29, 0.717) is 19.8 Å². The van der Waals surface area contributed by atoms with Crippen molar-refractivity contribution in [3.63, 3.8) is 0 Å². The second-order valence-electron chi connectivity index (χ2n) is 3.62. The highest BCUT2D eigenvalue weighted by molar-refractivity contribution is 5.20. The molecule has 1 fully saturated rings. The largest absolute Gasteiger partial charge is 0.464 e. The van der Waals surface area contributed by atoms with E-state index in [-0.39, 0.29) is 24.1 Å². The molecule has 1 aromatic rings. The van der Waals surface area contributed by atoms with Crippen molar-refractivity contribution in [2.75, 3.05) is 25.6 Å². The van der Waals surface area contributed by atoms with E-state index in [2.05, 4.69) is 15.0 Å². The predicted octanol–water partition coefficient (Wildman–Crippen LogP) is 0.410. The first-order chi connectivity index (χ1) is 8.28. The van der Waals surface area contributed by atoms with Gasteiger partial charge in [-0.3, -0.25) is 0 Å². The molecule has 2 rings (SSSR count). The lowest BCUT2D eigenvalue weighted by Crippen LogP contribution is -2.26. The molecule has 94 valence electrons. The third-order valence-corrected chi connectivity index (χ3v) is 2.33. The van der Waals surface area contributed by atoms with E-state index in [1.165, 1.54) is 0 Å². The molecule has 1 aromatic heterocycles. The number of hydrogen-bond acceptors (Lipinski definition) is 7. The molecule has 0 aromatic carbocycles. The van der Waals surface area contributed by atoms with Gasteiger partial charge < -0.3 is 19.9 Å². The SMILES string of the molecule is CCOc1nc(N)nc(OC2CCOCC2)n1. The molecular formula is C10H16N4O3. The maximum atomic E-state index is 5.62. The number of nitrogens with two attached hydrogens (primary N) is 1. The van der Waals surface area contributed by atoms with Crippen LogP contribution in [0.2, 0.25) is 0 Å². The number of aromatic nitrogens is 3. The van der Waals surface area contributed by atoms with Crippen LogP contribution in [0.4, 0.5) is 5.95 Å². The van der Waals surface area contributed by atoms with Gasteiger partial charge in [-0.25, -0.2) is 0 Å². The lowest BCUT2D eigenvalue weighted by molar-refractivity contribution is 0.0213. The van der Waals surface area contributed by atoms with Gasteiger partial charge in [-0.05, 0) is 6.92 Å². The summed E-state index contributed by atoms with van der Waals surface area (Å²) in [5, 5.41) is 0.